The van der Waals surface area contributed by atoms with Gasteiger partial charge in [-0.1, -0.05) is 40.0 Å². The molecule has 0 aromatic heterocycles. The van der Waals surface area contributed by atoms with Crippen LogP contribution in [0.15, 0.2) is 22.7 Å². The van der Waals surface area contributed by atoms with Crippen molar-refractivity contribution in [2.75, 3.05) is 12.3 Å². The van der Waals surface area contributed by atoms with Gasteiger partial charge in [-0.05, 0) is 36.3 Å². The van der Waals surface area contributed by atoms with E-state index < -0.39 is 0 Å². The Labute approximate surface area is 121 Å². The van der Waals surface area contributed by atoms with Crippen LogP contribution in [-0.4, -0.2) is 17.5 Å². The van der Waals surface area contributed by atoms with Crippen molar-refractivity contribution in [1.82, 2.24) is 5.32 Å². The second kappa shape index (κ2) is 7.03. The van der Waals surface area contributed by atoms with Crippen molar-refractivity contribution in [2.45, 2.75) is 31.1 Å². The van der Waals surface area contributed by atoms with Gasteiger partial charge in [0.2, 0.25) is 0 Å². The van der Waals surface area contributed by atoms with Gasteiger partial charge in [-0.15, -0.1) is 0 Å². The van der Waals surface area contributed by atoms with Crippen molar-refractivity contribution in [3.8, 4) is 0 Å². The van der Waals surface area contributed by atoms with E-state index in [1.54, 1.807) is 0 Å². The highest BCUT2D eigenvalue weighted by molar-refractivity contribution is 9.10. The summed E-state index contributed by atoms with van der Waals surface area (Å²) in [5.41, 5.74) is 1.18. The van der Waals surface area contributed by atoms with Crippen LogP contribution in [0.25, 0.3) is 0 Å². The van der Waals surface area contributed by atoms with Crippen molar-refractivity contribution in [2.24, 2.45) is 0 Å². The number of halogens is 2. The fourth-order valence-electron chi connectivity index (χ4n) is 2.00. The van der Waals surface area contributed by atoms with Crippen LogP contribution in [0, 0.1) is 0 Å². The fraction of sp³-hybridized carbons (Fsp3) is 0.538. The second-order valence-corrected chi connectivity index (χ2v) is 7.09. The van der Waals surface area contributed by atoms with E-state index in [1.807, 2.05) is 12.1 Å². The van der Waals surface area contributed by atoms with Crippen LogP contribution in [0.4, 0.5) is 0 Å². The normalized spacial score (nSPS) is 20.5. The molecule has 1 aromatic carbocycles. The van der Waals surface area contributed by atoms with Gasteiger partial charge in [0, 0.05) is 27.8 Å². The molecule has 0 radical (unpaired) electrons. The summed E-state index contributed by atoms with van der Waals surface area (Å²) >= 11 is 11.7. The minimum Gasteiger partial charge on any atom is -0.312 e. The highest BCUT2D eigenvalue weighted by Gasteiger charge is 2.13. The van der Waals surface area contributed by atoms with Crippen molar-refractivity contribution < 1.29 is 0 Å². The van der Waals surface area contributed by atoms with Crippen molar-refractivity contribution >= 4 is 39.3 Å². The molecular formula is C13H17BrClNS. The first-order valence-corrected chi connectivity index (χ1v) is 8.24. The SMILES string of the molecule is Clc1cc(Br)ccc1CNCC1CCCCS1. The molecule has 1 unspecified atom stereocenters. The standard InChI is InChI=1S/C13H17BrClNS/c14-11-5-4-10(13(15)7-11)8-16-9-12-3-1-2-6-17-12/h4-5,7,12,16H,1-3,6,8-9H2. The summed E-state index contributed by atoms with van der Waals surface area (Å²) in [7, 11) is 0. The van der Waals surface area contributed by atoms with Crippen LogP contribution in [0.5, 0.6) is 0 Å². The molecule has 0 bridgehead atoms. The Balaban J connectivity index is 1.77. The summed E-state index contributed by atoms with van der Waals surface area (Å²) in [5.74, 6) is 1.32. The molecule has 1 heterocycles. The molecule has 1 atom stereocenters. The quantitative estimate of drug-likeness (QED) is 0.871. The Morgan fingerprint density at radius 1 is 1.41 bits per heavy atom. The summed E-state index contributed by atoms with van der Waals surface area (Å²) in [4.78, 5) is 0. The molecular weight excluding hydrogens is 318 g/mol. The van der Waals surface area contributed by atoms with E-state index >= 15 is 0 Å². The van der Waals surface area contributed by atoms with Gasteiger partial charge >= 0.3 is 0 Å². The Kier molecular flexibility index (Phi) is 5.67. The van der Waals surface area contributed by atoms with Crippen molar-refractivity contribution in [1.29, 1.82) is 0 Å². The fourth-order valence-corrected chi connectivity index (χ4v) is 4.01. The van der Waals surface area contributed by atoms with Gasteiger partial charge in [-0.25, -0.2) is 0 Å². The van der Waals surface area contributed by atoms with E-state index in [0.717, 1.165) is 27.8 Å². The maximum atomic E-state index is 6.18. The second-order valence-electron chi connectivity index (χ2n) is 4.36. The van der Waals surface area contributed by atoms with Gasteiger partial charge in [-0.3, -0.25) is 0 Å². The molecule has 0 saturated carbocycles. The predicted octanol–water partition coefficient (Wildman–Crippen LogP) is 4.48. The van der Waals surface area contributed by atoms with Crippen LogP contribution >= 0.6 is 39.3 Å². The van der Waals surface area contributed by atoms with E-state index in [9.17, 15) is 0 Å². The lowest BCUT2D eigenvalue weighted by Gasteiger charge is -2.21. The lowest BCUT2D eigenvalue weighted by molar-refractivity contribution is 0.598. The number of hydrogen-bond donors (Lipinski definition) is 1. The smallest absolute Gasteiger partial charge is 0.0462 e. The Bertz CT molecular complexity index is 366. The highest BCUT2D eigenvalue weighted by Crippen LogP contribution is 2.25. The maximum absolute atomic E-state index is 6.18. The monoisotopic (exact) mass is 333 g/mol. The average molecular weight is 335 g/mol. The Morgan fingerprint density at radius 2 is 2.29 bits per heavy atom. The molecule has 1 N–H and O–H groups in total. The zero-order valence-electron chi connectivity index (χ0n) is 9.72. The minimum atomic E-state index is 0.790. The number of hydrogen-bond acceptors (Lipinski definition) is 2. The summed E-state index contributed by atoms with van der Waals surface area (Å²) in [5, 5.41) is 5.14. The molecule has 4 heteroatoms. The molecule has 1 nitrogen and oxygen atoms in total. The maximum Gasteiger partial charge on any atom is 0.0462 e. The van der Waals surface area contributed by atoms with Crippen LogP contribution in [0.2, 0.25) is 5.02 Å². The van der Waals surface area contributed by atoms with E-state index in [0.29, 0.717) is 0 Å². The first-order valence-electron chi connectivity index (χ1n) is 6.02. The third kappa shape index (κ3) is 4.47. The van der Waals surface area contributed by atoms with Crippen LogP contribution in [0.3, 0.4) is 0 Å². The highest BCUT2D eigenvalue weighted by atomic mass is 79.9. The lowest BCUT2D eigenvalue weighted by atomic mass is 10.2. The van der Waals surface area contributed by atoms with E-state index in [-0.39, 0.29) is 0 Å². The predicted molar refractivity (Wildman–Crippen MR) is 81.0 cm³/mol. The van der Waals surface area contributed by atoms with E-state index in [1.165, 1.54) is 30.6 Å². The van der Waals surface area contributed by atoms with Gasteiger partial charge in [0.15, 0.2) is 0 Å². The first-order chi connectivity index (χ1) is 8.25. The molecule has 17 heavy (non-hydrogen) atoms. The molecule has 1 aliphatic rings. The summed E-state index contributed by atoms with van der Waals surface area (Å²) in [6, 6.07) is 6.07. The molecule has 1 fully saturated rings. The van der Waals surface area contributed by atoms with Crippen LogP contribution in [0.1, 0.15) is 24.8 Å². The largest absolute Gasteiger partial charge is 0.312 e. The molecule has 2 rings (SSSR count). The third-order valence-corrected chi connectivity index (χ3v) is 5.22. The van der Waals surface area contributed by atoms with Gasteiger partial charge in [0.1, 0.15) is 0 Å². The van der Waals surface area contributed by atoms with E-state index in [2.05, 4.69) is 39.1 Å². The van der Waals surface area contributed by atoms with Gasteiger partial charge < -0.3 is 5.32 Å². The van der Waals surface area contributed by atoms with E-state index in [4.69, 9.17) is 11.6 Å². The Morgan fingerprint density at radius 3 is 3.00 bits per heavy atom. The van der Waals surface area contributed by atoms with Crippen molar-refractivity contribution in [3.05, 3.63) is 33.3 Å². The summed E-state index contributed by atoms with van der Waals surface area (Å²) in [6.07, 6.45) is 4.13. The molecule has 0 amide bonds. The first kappa shape index (κ1) is 13.7. The molecule has 0 spiro atoms. The van der Waals surface area contributed by atoms with Gasteiger partial charge in [0.25, 0.3) is 0 Å². The number of nitrogens with one attached hydrogen (secondary N) is 1. The Hall–Kier alpha value is 0.300. The zero-order valence-corrected chi connectivity index (χ0v) is 12.9. The average Bonchev–Trinajstić information content (AvgIpc) is 2.33. The molecule has 0 aliphatic carbocycles. The van der Waals surface area contributed by atoms with Crippen molar-refractivity contribution in [3.63, 3.8) is 0 Å². The molecule has 1 aliphatic heterocycles. The third-order valence-electron chi connectivity index (χ3n) is 2.98. The topological polar surface area (TPSA) is 12.0 Å². The molecule has 1 saturated heterocycles. The number of rotatable bonds is 4. The minimum absolute atomic E-state index is 0.790. The molecule has 94 valence electrons. The number of thioether (sulfide) groups is 1. The summed E-state index contributed by atoms with van der Waals surface area (Å²) in [6.45, 7) is 1.96. The van der Waals surface area contributed by atoms with Crippen LogP contribution < -0.4 is 5.32 Å². The van der Waals surface area contributed by atoms with Gasteiger partial charge in [-0.2, -0.15) is 11.8 Å². The summed E-state index contributed by atoms with van der Waals surface area (Å²) < 4.78 is 1.04. The lowest BCUT2D eigenvalue weighted by Crippen LogP contribution is -2.26. The molecule has 1 aromatic rings. The van der Waals surface area contributed by atoms with Crippen LogP contribution in [-0.2, 0) is 6.54 Å². The number of benzene rings is 1. The zero-order chi connectivity index (χ0) is 12.1. The van der Waals surface area contributed by atoms with Gasteiger partial charge in [0.05, 0.1) is 0 Å².